The first kappa shape index (κ1) is 14.7. The SMILES string of the molecule is CO[C@@H]1CN(C(=O)c2ccc(-c3cccc(F)c3)o2)C[C@H]1O. The topological polar surface area (TPSA) is 62.9 Å². The van der Waals surface area contributed by atoms with Crippen molar-refractivity contribution in [2.24, 2.45) is 0 Å². The number of methoxy groups -OCH3 is 1. The zero-order valence-electron chi connectivity index (χ0n) is 12.0. The number of carbonyl (C=O) groups is 1. The molecule has 3 rings (SSSR count). The lowest BCUT2D eigenvalue weighted by Crippen LogP contribution is -2.29. The van der Waals surface area contributed by atoms with Gasteiger partial charge in [-0.05, 0) is 24.3 Å². The predicted octanol–water partition coefficient (Wildman–Crippen LogP) is 1.92. The van der Waals surface area contributed by atoms with Crippen molar-refractivity contribution < 1.29 is 23.4 Å². The van der Waals surface area contributed by atoms with E-state index in [4.69, 9.17) is 9.15 Å². The van der Waals surface area contributed by atoms with Gasteiger partial charge in [0.05, 0.1) is 6.10 Å². The van der Waals surface area contributed by atoms with Crippen LogP contribution in [0.4, 0.5) is 4.39 Å². The van der Waals surface area contributed by atoms with Crippen LogP contribution in [0.5, 0.6) is 0 Å². The molecule has 0 unspecified atom stereocenters. The van der Waals surface area contributed by atoms with Gasteiger partial charge < -0.3 is 19.2 Å². The van der Waals surface area contributed by atoms with Crippen LogP contribution < -0.4 is 0 Å². The number of benzene rings is 1. The number of ether oxygens (including phenoxy) is 1. The van der Waals surface area contributed by atoms with Crippen LogP contribution in [0.1, 0.15) is 10.6 Å². The lowest BCUT2D eigenvalue weighted by Gasteiger charge is -2.13. The number of amides is 1. The third kappa shape index (κ3) is 2.75. The molecule has 0 spiro atoms. The lowest BCUT2D eigenvalue weighted by atomic mass is 10.2. The Labute approximate surface area is 126 Å². The maximum absolute atomic E-state index is 13.2. The molecular formula is C16H16FNO4. The molecule has 116 valence electrons. The van der Waals surface area contributed by atoms with Gasteiger partial charge in [0.2, 0.25) is 0 Å². The van der Waals surface area contributed by atoms with Crippen molar-refractivity contribution in [3.63, 3.8) is 0 Å². The Morgan fingerprint density at radius 3 is 2.86 bits per heavy atom. The van der Waals surface area contributed by atoms with Crippen LogP contribution >= 0.6 is 0 Å². The second-order valence-electron chi connectivity index (χ2n) is 5.23. The number of aliphatic hydroxyl groups is 1. The van der Waals surface area contributed by atoms with E-state index in [1.807, 2.05) is 0 Å². The highest BCUT2D eigenvalue weighted by Gasteiger charge is 2.35. The summed E-state index contributed by atoms with van der Waals surface area (Å²) in [5.74, 6) is -0.109. The van der Waals surface area contributed by atoms with E-state index in [-0.39, 0.29) is 30.1 Å². The maximum Gasteiger partial charge on any atom is 0.289 e. The number of halogens is 1. The number of carbonyl (C=O) groups excluding carboxylic acids is 1. The molecule has 1 amide bonds. The number of β-amino-alcohol motifs (C(OH)–C–C–N with tert-alkyl or cyclic N) is 1. The molecule has 1 aromatic carbocycles. The highest BCUT2D eigenvalue weighted by molar-refractivity contribution is 5.92. The fourth-order valence-corrected chi connectivity index (χ4v) is 2.56. The Bertz CT molecular complexity index is 684. The molecule has 22 heavy (non-hydrogen) atoms. The van der Waals surface area contributed by atoms with Crippen molar-refractivity contribution in [2.45, 2.75) is 12.2 Å². The molecule has 5 nitrogen and oxygen atoms in total. The minimum Gasteiger partial charge on any atom is -0.451 e. The number of rotatable bonds is 3. The Kier molecular flexibility index (Phi) is 3.96. The van der Waals surface area contributed by atoms with E-state index < -0.39 is 6.10 Å². The number of hydrogen-bond acceptors (Lipinski definition) is 4. The smallest absolute Gasteiger partial charge is 0.289 e. The standard InChI is InChI=1S/C16H16FNO4/c1-21-15-9-18(8-12(15)19)16(20)14-6-5-13(22-14)10-3-2-4-11(17)7-10/h2-7,12,15,19H,8-9H2,1H3/t12-,15-/m1/s1. The molecule has 1 aliphatic rings. The monoisotopic (exact) mass is 305 g/mol. The summed E-state index contributed by atoms with van der Waals surface area (Å²) >= 11 is 0. The highest BCUT2D eigenvalue weighted by Crippen LogP contribution is 2.24. The summed E-state index contributed by atoms with van der Waals surface area (Å²) in [5.41, 5.74) is 0.565. The van der Waals surface area contributed by atoms with Crippen molar-refractivity contribution in [3.8, 4) is 11.3 Å². The van der Waals surface area contributed by atoms with Crippen LogP contribution in [0.2, 0.25) is 0 Å². The van der Waals surface area contributed by atoms with Gasteiger partial charge in [0, 0.05) is 25.8 Å². The third-order valence-corrected chi connectivity index (χ3v) is 3.75. The Morgan fingerprint density at radius 1 is 1.36 bits per heavy atom. The summed E-state index contributed by atoms with van der Waals surface area (Å²) in [6, 6.07) is 9.14. The molecule has 0 aliphatic carbocycles. The molecular weight excluding hydrogens is 289 g/mol. The van der Waals surface area contributed by atoms with Crippen LogP contribution in [-0.4, -0.2) is 48.3 Å². The van der Waals surface area contributed by atoms with Crippen molar-refractivity contribution >= 4 is 5.91 Å². The Hall–Kier alpha value is -2.18. The Balaban J connectivity index is 1.78. The molecule has 1 aliphatic heterocycles. The minimum atomic E-state index is -0.702. The molecule has 2 aromatic rings. The van der Waals surface area contributed by atoms with E-state index in [9.17, 15) is 14.3 Å². The van der Waals surface area contributed by atoms with Gasteiger partial charge in [0.25, 0.3) is 5.91 Å². The summed E-state index contributed by atoms with van der Waals surface area (Å²) in [5, 5.41) is 9.78. The summed E-state index contributed by atoms with van der Waals surface area (Å²) in [7, 11) is 1.50. The van der Waals surface area contributed by atoms with Gasteiger partial charge in [-0.15, -0.1) is 0 Å². The van der Waals surface area contributed by atoms with Gasteiger partial charge in [-0.2, -0.15) is 0 Å². The van der Waals surface area contributed by atoms with Crippen LogP contribution in [-0.2, 0) is 4.74 Å². The predicted molar refractivity (Wildman–Crippen MR) is 76.8 cm³/mol. The zero-order chi connectivity index (χ0) is 15.7. The zero-order valence-corrected chi connectivity index (χ0v) is 12.0. The summed E-state index contributed by atoms with van der Waals surface area (Å²) < 4.78 is 23.9. The van der Waals surface area contributed by atoms with E-state index in [2.05, 4.69) is 0 Å². The normalized spacial score (nSPS) is 21.3. The average Bonchev–Trinajstić information content (AvgIpc) is 3.13. The summed E-state index contributed by atoms with van der Waals surface area (Å²) in [6.45, 7) is 0.514. The van der Waals surface area contributed by atoms with Crippen LogP contribution in [0.3, 0.4) is 0 Å². The van der Waals surface area contributed by atoms with Crippen LogP contribution in [0.15, 0.2) is 40.8 Å². The van der Waals surface area contributed by atoms with Gasteiger partial charge >= 0.3 is 0 Å². The largest absolute Gasteiger partial charge is 0.451 e. The first-order chi connectivity index (χ1) is 10.6. The fourth-order valence-electron chi connectivity index (χ4n) is 2.56. The van der Waals surface area contributed by atoms with Crippen molar-refractivity contribution in [2.75, 3.05) is 20.2 Å². The molecule has 6 heteroatoms. The fraction of sp³-hybridized carbons (Fsp3) is 0.312. The van der Waals surface area contributed by atoms with E-state index in [0.717, 1.165) is 0 Å². The molecule has 2 heterocycles. The van der Waals surface area contributed by atoms with E-state index >= 15 is 0 Å². The number of likely N-dealkylation sites (tertiary alicyclic amines) is 1. The number of aliphatic hydroxyl groups excluding tert-OH is 1. The number of nitrogens with zero attached hydrogens (tertiary/aromatic N) is 1. The van der Waals surface area contributed by atoms with Gasteiger partial charge in [-0.1, -0.05) is 12.1 Å². The van der Waals surface area contributed by atoms with Crippen molar-refractivity contribution in [3.05, 3.63) is 48.0 Å². The molecule has 1 N–H and O–H groups in total. The second kappa shape index (κ2) is 5.90. The second-order valence-corrected chi connectivity index (χ2v) is 5.23. The summed E-state index contributed by atoms with van der Waals surface area (Å²) in [4.78, 5) is 13.8. The molecule has 1 aromatic heterocycles. The van der Waals surface area contributed by atoms with Gasteiger partial charge in [0.15, 0.2) is 5.76 Å². The van der Waals surface area contributed by atoms with E-state index in [0.29, 0.717) is 17.9 Å². The molecule has 0 bridgehead atoms. The number of hydrogen-bond donors (Lipinski definition) is 1. The maximum atomic E-state index is 13.2. The van der Waals surface area contributed by atoms with E-state index in [1.165, 1.54) is 24.1 Å². The first-order valence-electron chi connectivity index (χ1n) is 6.94. The molecule has 2 atom stereocenters. The first-order valence-corrected chi connectivity index (χ1v) is 6.94. The van der Waals surface area contributed by atoms with Gasteiger partial charge in [-0.25, -0.2) is 4.39 Å². The molecule has 0 saturated carbocycles. The minimum absolute atomic E-state index is 0.156. The number of furan rings is 1. The average molecular weight is 305 g/mol. The summed E-state index contributed by atoms with van der Waals surface area (Å²) in [6.07, 6.45) is -1.09. The highest BCUT2D eigenvalue weighted by atomic mass is 19.1. The Morgan fingerprint density at radius 2 is 2.18 bits per heavy atom. The van der Waals surface area contributed by atoms with Crippen LogP contribution in [0.25, 0.3) is 11.3 Å². The van der Waals surface area contributed by atoms with Gasteiger partial charge in [0.1, 0.15) is 17.7 Å². The van der Waals surface area contributed by atoms with Crippen molar-refractivity contribution in [1.29, 1.82) is 0 Å². The molecule has 0 radical (unpaired) electrons. The molecule has 1 saturated heterocycles. The van der Waals surface area contributed by atoms with E-state index in [1.54, 1.807) is 24.3 Å². The van der Waals surface area contributed by atoms with Gasteiger partial charge in [-0.3, -0.25) is 4.79 Å². The lowest BCUT2D eigenvalue weighted by molar-refractivity contribution is 0.0215. The third-order valence-electron chi connectivity index (χ3n) is 3.75. The van der Waals surface area contributed by atoms with Crippen molar-refractivity contribution in [1.82, 2.24) is 4.90 Å². The molecule has 1 fully saturated rings. The quantitative estimate of drug-likeness (QED) is 0.941. The van der Waals surface area contributed by atoms with Crippen LogP contribution in [0, 0.1) is 5.82 Å².